The summed E-state index contributed by atoms with van der Waals surface area (Å²) in [5.74, 6) is -0.305. The van der Waals surface area contributed by atoms with Crippen LogP contribution in [0.4, 0.5) is 0 Å². The fraction of sp³-hybridized carbons (Fsp3) is 0.550. The van der Waals surface area contributed by atoms with Crippen LogP contribution in [0, 0.1) is 0 Å². The minimum atomic E-state index is -0.359. The maximum Gasteiger partial charge on any atom is 0.282 e. The molecule has 1 spiro atoms. The highest BCUT2D eigenvalue weighted by Crippen LogP contribution is 2.37. The molecule has 144 valence electrons. The smallest absolute Gasteiger partial charge is 0.282 e. The molecule has 4 rings (SSSR count). The maximum atomic E-state index is 13.0. The molecular weight excluding hydrogens is 346 g/mol. The van der Waals surface area contributed by atoms with Crippen molar-refractivity contribution < 1.29 is 14.3 Å². The molecule has 2 aromatic rings. The van der Waals surface area contributed by atoms with Crippen LogP contribution in [-0.4, -0.2) is 58.9 Å². The molecule has 1 amide bonds. The Morgan fingerprint density at radius 3 is 2.78 bits per heavy atom. The predicted molar refractivity (Wildman–Crippen MR) is 101 cm³/mol. The van der Waals surface area contributed by atoms with E-state index in [1.54, 1.807) is 19.1 Å². The Bertz CT molecular complexity index is 915. The number of methoxy groups -OCH3 is 1. The zero-order valence-corrected chi connectivity index (χ0v) is 15.8. The summed E-state index contributed by atoms with van der Waals surface area (Å²) in [5, 5.41) is 0. The molecule has 7 nitrogen and oxygen atoms in total. The molecular formula is C20H25N3O4. The highest BCUT2D eigenvalue weighted by molar-refractivity contribution is 5.94. The molecule has 0 aliphatic carbocycles. The van der Waals surface area contributed by atoms with Crippen LogP contribution < -0.4 is 5.56 Å². The van der Waals surface area contributed by atoms with Crippen LogP contribution in [0.1, 0.15) is 36.2 Å². The minimum absolute atomic E-state index is 0.0139. The Hall–Kier alpha value is -2.25. The third kappa shape index (κ3) is 3.04. The molecule has 2 saturated heterocycles. The number of amides is 1. The van der Waals surface area contributed by atoms with Gasteiger partial charge in [0.2, 0.25) is 0 Å². The molecule has 1 unspecified atom stereocenters. The normalized spacial score (nSPS) is 22.3. The van der Waals surface area contributed by atoms with E-state index in [0.717, 1.165) is 25.0 Å². The standard InChI is InChI=1S/C20H25N3O4/c1-22-15-7-4-3-6-14(15)21-17(18(22)24)19(25)23-11-9-20(10-12-23)16(26-2)8-5-13-27-20/h3-4,6-7,16H,5,8-13H2,1-2H3. The highest BCUT2D eigenvalue weighted by atomic mass is 16.5. The first-order valence-corrected chi connectivity index (χ1v) is 9.47. The summed E-state index contributed by atoms with van der Waals surface area (Å²) in [7, 11) is 3.40. The molecule has 0 bridgehead atoms. The Balaban J connectivity index is 1.57. The van der Waals surface area contributed by atoms with E-state index in [2.05, 4.69) is 4.98 Å². The van der Waals surface area contributed by atoms with Crippen LogP contribution in [0.15, 0.2) is 29.1 Å². The number of hydrogen-bond acceptors (Lipinski definition) is 5. The number of aromatic nitrogens is 2. The average Bonchev–Trinajstić information content (AvgIpc) is 2.71. The van der Waals surface area contributed by atoms with E-state index >= 15 is 0 Å². The molecule has 0 N–H and O–H groups in total. The predicted octanol–water partition coefficient (Wildman–Crippen LogP) is 1.73. The Morgan fingerprint density at radius 1 is 1.30 bits per heavy atom. The van der Waals surface area contributed by atoms with E-state index in [1.807, 2.05) is 24.3 Å². The topological polar surface area (TPSA) is 73.7 Å². The fourth-order valence-electron chi connectivity index (χ4n) is 4.36. The number of benzene rings is 1. The summed E-state index contributed by atoms with van der Waals surface area (Å²) < 4.78 is 13.2. The van der Waals surface area contributed by atoms with Gasteiger partial charge in [0.1, 0.15) is 0 Å². The molecule has 0 saturated carbocycles. The van der Waals surface area contributed by atoms with Crippen LogP contribution in [0.3, 0.4) is 0 Å². The molecule has 1 aromatic carbocycles. The van der Waals surface area contributed by atoms with E-state index in [9.17, 15) is 9.59 Å². The molecule has 0 radical (unpaired) electrons. The number of rotatable bonds is 2. The van der Waals surface area contributed by atoms with Crippen LogP contribution in [0.5, 0.6) is 0 Å². The van der Waals surface area contributed by atoms with Crippen LogP contribution in [-0.2, 0) is 16.5 Å². The second-order valence-corrected chi connectivity index (χ2v) is 7.39. The molecule has 2 fully saturated rings. The molecule has 7 heteroatoms. The SMILES string of the molecule is COC1CCCOC12CCN(C(=O)c1nc3ccccc3n(C)c1=O)CC2. The Labute approximate surface area is 157 Å². The van der Waals surface area contributed by atoms with Crippen LogP contribution in [0.25, 0.3) is 11.0 Å². The molecule has 2 aliphatic heterocycles. The van der Waals surface area contributed by atoms with E-state index < -0.39 is 0 Å². The molecule has 1 aromatic heterocycles. The number of para-hydroxylation sites is 2. The number of nitrogens with zero attached hydrogens (tertiary/aromatic N) is 3. The van der Waals surface area contributed by atoms with Gasteiger partial charge in [0.25, 0.3) is 11.5 Å². The quantitative estimate of drug-likeness (QED) is 0.804. The van der Waals surface area contributed by atoms with Crippen molar-refractivity contribution in [2.45, 2.75) is 37.4 Å². The van der Waals surface area contributed by atoms with Crippen molar-refractivity contribution in [3.8, 4) is 0 Å². The average molecular weight is 371 g/mol. The van der Waals surface area contributed by atoms with Gasteiger partial charge >= 0.3 is 0 Å². The molecule has 27 heavy (non-hydrogen) atoms. The minimum Gasteiger partial charge on any atom is -0.378 e. The largest absolute Gasteiger partial charge is 0.378 e. The van der Waals surface area contributed by atoms with Crippen molar-refractivity contribution in [3.05, 3.63) is 40.3 Å². The first-order chi connectivity index (χ1) is 13.1. The molecule has 1 atom stereocenters. The third-order valence-corrected chi connectivity index (χ3v) is 5.95. The van der Waals surface area contributed by atoms with Gasteiger partial charge in [0.05, 0.1) is 22.7 Å². The Morgan fingerprint density at radius 2 is 2.04 bits per heavy atom. The van der Waals surface area contributed by atoms with Crippen molar-refractivity contribution in [1.82, 2.24) is 14.5 Å². The number of carbonyl (C=O) groups excluding carboxylic acids is 1. The lowest BCUT2D eigenvalue weighted by atomic mass is 9.82. The van der Waals surface area contributed by atoms with Gasteiger partial charge in [-0.3, -0.25) is 9.59 Å². The first kappa shape index (κ1) is 18.1. The zero-order valence-electron chi connectivity index (χ0n) is 15.8. The van der Waals surface area contributed by atoms with E-state index in [1.165, 1.54) is 4.57 Å². The monoisotopic (exact) mass is 371 g/mol. The van der Waals surface area contributed by atoms with Gasteiger partial charge in [0.15, 0.2) is 5.69 Å². The number of hydrogen-bond donors (Lipinski definition) is 0. The van der Waals surface area contributed by atoms with Gasteiger partial charge in [-0.1, -0.05) is 12.1 Å². The van der Waals surface area contributed by atoms with E-state index in [0.29, 0.717) is 31.4 Å². The Kier molecular flexibility index (Phi) is 4.74. The lowest BCUT2D eigenvalue weighted by Gasteiger charge is -2.47. The van der Waals surface area contributed by atoms with Crippen molar-refractivity contribution in [3.63, 3.8) is 0 Å². The number of carbonyl (C=O) groups is 1. The zero-order chi connectivity index (χ0) is 19.0. The van der Waals surface area contributed by atoms with Gasteiger partial charge in [-0.2, -0.15) is 0 Å². The van der Waals surface area contributed by atoms with E-state index in [-0.39, 0.29) is 28.9 Å². The fourth-order valence-corrected chi connectivity index (χ4v) is 4.36. The number of aryl methyl sites for hydroxylation is 1. The number of likely N-dealkylation sites (tertiary alicyclic amines) is 1. The second-order valence-electron chi connectivity index (χ2n) is 7.39. The van der Waals surface area contributed by atoms with Crippen molar-refractivity contribution >= 4 is 16.9 Å². The summed E-state index contributed by atoms with van der Waals surface area (Å²) in [4.78, 5) is 31.8. The van der Waals surface area contributed by atoms with Crippen LogP contribution in [0.2, 0.25) is 0 Å². The number of fused-ring (bicyclic) bond motifs is 1. The van der Waals surface area contributed by atoms with Gasteiger partial charge in [-0.05, 0) is 37.8 Å². The third-order valence-electron chi connectivity index (χ3n) is 5.95. The molecule has 2 aliphatic rings. The van der Waals surface area contributed by atoms with Crippen molar-refractivity contribution in [1.29, 1.82) is 0 Å². The summed E-state index contributed by atoms with van der Waals surface area (Å²) >= 11 is 0. The second kappa shape index (κ2) is 7.05. The van der Waals surface area contributed by atoms with Gasteiger partial charge < -0.3 is 18.9 Å². The lowest BCUT2D eigenvalue weighted by Crippen LogP contribution is -2.57. The van der Waals surface area contributed by atoms with Crippen LogP contribution >= 0.6 is 0 Å². The summed E-state index contributed by atoms with van der Waals surface area (Å²) in [6.07, 6.45) is 3.48. The van der Waals surface area contributed by atoms with E-state index in [4.69, 9.17) is 9.47 Å². The summed E-state index contributed by atoms with van der Waals surface area (Å²) in [5.41, 5.74) is 0.676. The van der Waals surface area contributed by atoms with Gasteiger partial charge in [-0.25, -0.2) is 4.98 Å². The van der Waals surface area contributed by atoms with Gasteiger partial charge in [0, 0.05) is 33.9 Å². The van der Waals surface area contributed by atoms with Gasteiger partial charge in [-0.15, -0.1) is 0 Å². The lowest BCUT2D eigenvalue weighted by molar-refractivity contribution is -0.183. The molecule has 3 heterocycles. The first-order valence-electron chi connectivity index (χ1n) is 9.47. The summed E-state index contributed by atoms with van der Waals surface area (Å²) in [6, 6.07) is 7.35. The maximum absolute atomic E-state index is 13.0. The van der Waals surface area contributed by atoms with Crippen molar-refractivity contribution in [2.75, 3.05) is 26.8 Å². The highest BCUT2D eigenvalue weighted by Gasteiger charge is 2.45. The summed E-state index contributed by atoms with van der Waals surface area (Å²) in [6.45, 7) is 1.81. The van der Waals surface area contributed by atoms with Crippen molar-refractivity contribution in [2.24, 2.45) is 7.05 Å². The number of ether oxygens (including phenoxy) is 2. The number of piperidine rings is 1.